The van der Waals surface area contributed by atoms with Crippen LogP contribution in [0, 0.1) is 0 Å². The van der Waals surface area contributed by atoms with Crippen molar-refractivity contribution in [2.75, 3.05) is 5.32 Å². The molecule has 3 nitrogen and oxygen atoms in total. The van der Waals surface area contributed by atoms with Crippen LogP contribution in [0.15, 0.2) is 85.6 Å². The lowest BCUT2D eigenvalue weighted by molar-refractivity contribution is 0.102. The fraction of sp³-hybridized carbons (Fsp3) is 0.0435. The molecule has 0 aliphatic carbocycles. The van der Waals surface area contributed by atoms with Crippen molar-refractivity contribution in [3.63, 3.8) is 0 Å². The smallest absolute Gasteiger partial charge is 0.256 e. The van der Waals surface area contributed by atoms with Crippen LogP contribution >= 0.6 is 0 Å². The van der Waals surface area contributed by atoms with Crippen molar-refractivity contribution in [2.24, 2.45) is 0 Å². The number of benzene rings is 3. The molecule has 1 N–H and O–H groups in total. The van der Waals surface area contributed by atoms with Crippen molar-refractivity contribution in [3.8, 4) is 0 Å². The molecule has 0 aliphatic heterocycles. The Hall–Kier alpha value is -3.46. The molecule has 26 heavy (non-hydrogen) atoms. The van der Waals surface area contributed by atoms with E-state index in [2.05, 4.69) is 29.0 Å². The van der Waals surface area contributed by atoms with Gasteiger partial charge in [-0.2, -0.15) is 0 Å². The average molecular weight is 338 g/mol. The summed E-state index contributed by atoms with van der Waals surface area (Å²) in [6.45, 7) is 3.82. The second-order valence-corrected chi connectivity index (χ2v) is 6.18. The molecule has 0 saturated heterocycles. The third-order valence-electron chi connectivity index (χ3n) is 4.46. The molecule has 3 aromatic carbocycles. The Balaban J connectivity index is 1.77. The second kappa shape index (κ2) is 6.81. The minimum absolute atomic E-state index is 0.134. The Bertz CT molecular complexity index is 1130. The molecule has 0 bridgehead atoms. The summed E-state index contributed by atoms with van der Waals surface area (Å²) in [5.74, 6) is -0.134. The van der Waals surface area contributed by atoms with Crippen LogP contribution in [-0.2, 0) is 6.42 Å². The quantitative estimate of drug-likeness (QED) is 0.508. The average Bonchev–Trinajstić information content (AvgIpc) is 2.68. The van der Waals surface area contributed by atoms with E-state index in [1.54, 1.807) is 6.20 Å². The molecule has 4 rings (SSSR count). The first kappa shape index (κ1) is 16.0. The number of pyridine rings is 1. The monoisotopic (exact) mass is 338 g/mol. The number of nitrogens with one attached hydrogen (secondary N) is 1. The molecule has 0 unspecified atom stereocenters. The Kier molecular flexibility index (Phi) is 4.20. The zero-order valence-electron chi connectivity index (χ0n) is 14.3. The van der Waals surface area contributed by atoms with E-state index in [1.807, 2.05) is 60.7 Å². The molecule has 1 heterocycles. The van der Waals surface area contributed by atoms with Gasteiger partial charge in [-0.25, -0.2) is 0 Å². The number of rotatable bonds is 4. The molecule has 126 valence electrons. The standard InChI is InChI=1S/C23H18N2O/c1-2-7-19-14-17-8-3-4-9-18(17)15-20(19)23(26)25-21-12-5-10-16-11-6-13-24-22(16)21/h2-6,8-15H,1,7H2,(H,25,26). The molecule has 0 radical (unpaired) electrons. The highest BCUT2D eigenvalue weighted by Gasteiger charge is 2.14. The van der Waals surface area contributed by atoms with Crippen LogP contribution in [0.3, 0.4) is 0 Å². The number of allylic oxidation sites excluding steroid dienone is 1. The lowest BCUT2D eigenvalue weighted by Gasteiger charge is -2.12. The van der Waals surface area contributed by atoms with Gasteiger partial charge in [0.15, 0.2) is 0 Å². The summed E-state index contributed by atoms with van der Waals surface area (Å²) in [5, 5.41) is 6.19. The molecule has 0 spiro atoms. The predicted octanol–water partition coefficient (Wildman–Crippen LogP) is 5.37. The van der Waals surface area contributed by atoms with Crippen molar-refractivity contribution in [1.82, 2.24) is 4.98 Å². The first-order valence-corrected chi connectivity index (χ1v) is 8.54. The van der Waals surface area contributed by atoms with Gasteiger partial charge in [-0.05, 0) is 41.0 Å². The Morgan fingerprint density at radius 2 is 1.69 bits per heavy atom. The number of fused-ring (bicyclic) bond motifs is 2. The Morgan fingerprint density at radius 1 is 0.962 bits per heavy atom. The van der Waals surface area contributed by atoms with Crippen LogP contribution in [-0.4, -0.2) is 10.9 Å². The molecule has 0 aliphatic rings. The third kappa shape index (κ3) is 2.95. The van der Waals surface area contributed by atoms with E-state index in [-0.39, 0.29) is 5.91 Å². The van der Waals surface area contributed by atoms with E-state index >= 15 is 0 Å². The van der Waals surface area contributed by atoms with Gasteiger partial charge in [0.25, 0.3) is 5.91 Å². The molecule has 0 fully saturated rings. The summed E-state index contributed by atoms with van der Waals surface area (Å²) >= 11 is 0. The molecule has 3 heteroatoms. The molecule has 1 aromatic heterocycles. The maximum Gasteiger partial charge on any atom is 0.256 e. The van der Waals surface area contributed by atoms with Crippen molar-refractivity contribution < 1.29 is 4.79 Å². The van der Waals surface area contributed by atoms with Crippen LogP contribution in [0.2, 0.25) is 0 Å². The minimum Gasteiger partial charge on any atom is -0.320 e. The summed E-state index contributed by atoms with van der Waals surface area (Å²) in [5.41, 5.74) is 3.13. The van der Waals surface area contributed by atoms with Gasteiger partial charge in [0, 0.05) is 17.1 Å². The summed E-state index contributed by atoms with van der Waals surface area (Å²) in [6, 6.07) is 21.7. The first-order valence-electron chi connectivity index (χ1n) is 8.54. The fourth-order valence-electron chi connectivity index (χ4n) is 3.22. The van der Waals surface area contributed by atoms with Crippen LogP contribution < -0.4 is 5.32 Å². The molecular formula is C23H18N2O. The van der Waals surface area contributed by atoms with Crippen LogP contribution in [0.1, 0.15) is 15.9 Å². The first-order chi connectivity index (χ1) is 12.8. The van der Waals surface area contributed by atoms with E-state index in [4.69, 9.17) is 0 Å². The second-order valence-electron chi connectivity index (χ2n) is 6.18. The number of anilines is 1. The number of amides is 1. The third-order valence-corrected chi connectivity index (χ3v) is 4.46. The molecule has 0 saturated carbocycles. The Labute approximate surface area is 152 Å². The van der Waals surface area contributed by atoms with E-state index < -0.39 is 0 Å². The zero-order valence-corrected chi connectivity index (χ0v) is 14.3. The maximum atomic E-state index is 13.0. The van der Waals surface area contributed by atoms with Crippen LogP contribution in [0.5, 0.6) is 0 Å². The van der Waals surface area contributed by atoms with Crippen molar-refractivity contribution in [1.29, 1.82) is 0 Å². The van der Waals surface area contributed by atoms with Crippen molar-refractivity contribution in [2.45, 2.75) is 6.42 Å². The minimum atomic E-state index is -0.134. The highest BCUT2D eigenvalue weighted by molar-refractivity contribution is 6.10. The topological polar surface area (TPSA) is 42.0 Å². The van der Waals surface area contributed by atoms with Crippen LogP contribution in [0.4, 0.5) is 5.69 Å². The summed E-state index contributed by atoms with van der Waals surface area (Å²) in [4.78, 5) is 17.4. The lowest BCUT2D eigenvalue weighted by atomic mass is 9.98. The maximum absolute atomic E-state index is 13.0. The number of nitrogens with zero attached hydrogens (tertiary/aromatic N) is 1. The van der Waals surface area contributed by atoms with Gasteiger partial charge < -0.3 is 5.32 Å². The van der Waals surface area contributed by atoms with Gasteiger partial charge in [0.1, 0.15) is 0 Å². The number of hydrogen-bond donors (Lipinski definition) is 1. The highest BCUT2D eigenvalue weighted by atomic mass is 16.1. The van der Waals surface area contributed by atoms with Gasteiger partial charge >= 0.3 is 0 Å². The molecule has 0 atom stereocenters. The van der Waals surface area contributed by atoms with E-state index in [9.17, 15) is 4.79 Å². The molecular weight excluding hydrogens is 320 g/mol. The zero-order chi connectivity index (χ0) is 17.9. The van der Waals surface area contributed by atoms with E-state index in [0.717, 1.165) is 27.2 Å². The largest absolute Gasteiger partial charge is 0.320 e. The SMILES string of the molecule is C=CCc1cc2ccccc2cc1C(=O)Nc1cccc2cccnc12. The Morgan fingerprint density at radius 3 is 2.50 bits per heavy atom. The summed E-state index contributed by atoms with van der Waals surface area (Å²) < 4.78 is 0. The van der Waals surface area contributed by atoms with Crippen molar-refractivity contribution in [3.05, 3.63) is 96.7 Å². The highest BCUT2D eigenvalue weighted by Crippen LogP contribution is 2.24. The molecule has 1 amide bonds. The number of aromatic nitrogens is 1. The van der Waals surface area contributed by atoms with Gasteiger partial charge in [-0.15, -0.1) is 6.58 Å². The van der Waals surface area contributed by atoms with E-state index in [0.29, 0.717) is 17.7 Å². The normalized spacial score (nSPS) is 10.8. The van der Waals surface area contributed by atoms with Gasteiger partial charge in [0.05, 0.1) is 11.2 Å². The van der Waals surface area contributed by atoms with Crippen LogP contribution in [0.25, 0.3) is 21.7 Å². The lowest BCUT2D eigenvalue weighted by Crippen LogP contribution is -2.14. The number of carbonyl (C=O) groups excluding carboxylic acids is 1. The summed E-state index contributed by atoms with van der Waals surface area (Å²) in [6.07, 6.45) is 4.19. The number of hydrogen-bond acceptors (Lipinski definition) is 2. The predicted molar refractivity (Wildman–Crippen MR) is 108 cm³/mol. The van der Waals surface area contributed by atoms with E-state index in [1.165, 1.54) is 0 Å². The van der Waals surface area contributed by atoms with Gasteiger partial charge in [0.2, 0.25) is 0 Å². The van der Waals surface area contributed by atoms with Gasteiger partial charge in [-0.1, -0.05) is 54.6 Å². The van der Waals surface area contributed by atoms with Crippen molar-refractivity contribution >= 4 is 33.3 Å². The summed E-state index contributed by atoms with van der Waals surface area (Å²) in [7, 11) is 0. The number of para-hydroxylation sites is 1. The number of carbonyl (C=O) groups is 1. The molecule has 4 aromatic rings. The fourth-order valence-corrected chi connectivity index (χ4v) is 3.22. The van der Waals surface area contributed by atoms with Gasteiger partial charge in [-0.3, -0.25) is 9.78 Å².